The van der Waals surface area contributed by atoms with E-state index < -0.39 is 10.0 Å². The molecule has 12 heteroatoms. The fourth-order valence-corrected chi connectivity index (χ4v) is 5.56. The summed E-state index contributed by atoms with van der Waals surface area (Å²) in [6.45, 7) is 3.89. The first-order chi connectivity index (χ1) is 14.9. The van der Waals surface area contributed by atoms with Crippen molar-refractivity contribution in [1.82, 2.24) is 24.0 Å². The largest absolute Gasteiger partial charge is 0.467 e. The van der Waals surface area contributed by atoms with Crippen LogP contribution in [0.1, 0.15) is 25.0 Å². The van der Waals surface area contributed by atoms with Crippen molar-refractivity contribution in [3.8, 4) is 0 Å². The van der Waals surface area contributed by atoms with Crippen molar-refractivity contribution < 1.29 is 17.6 Å². The zero-order chi connectivity index (χ0) is 21.8. The van der Waals surface area contributed by atoms with Crippen LogP contribution in [0.25, 0.3) is 0 Å². The van der Waals surface area contributed by atoms with Gasteiger partial charge in [-0.15, -0.1) is 10.2 Å². The van der Waals surface area contributed by atoms with Crippen LogP contribution >= 0.6 is 11.8 Å². The summed E-state index contributed by atoms with van der Waals surface area (Å²) in [6.07, 6.45) is 6.34. The number of rotatable bonds is 7. The van der Waals surface area contributed by atoms with Crippen LogP contribution in [0.15, 0.2) is 28.0 Å². The number of carbonyl (C=O) groups excluding carboxylic acids is 1. The third kappa shape index (κ3) is 5.42. The number of sulfonamides is 1. The van der Waals surface area contributed by atoms with Crippen LogP contribution in [0.2, 0.25) is 0 Å². The van der Waals surface area contributed by atoms with Gasteiger partial charge in [0, 0.05) is 39.3 Å². The van der Waals surface area contributed by atoms with Gasteiger partial charge in [-0.3, -0.25) is 9.36 Å². The predicted octanol–water partition coefficient (Wildman–Crippen LogP) is 1.11. The Morgan fingerprint density at radius 2 is 1.84 bits per heavy atom. The van der Waals surface area contributed by atoms with Gasteiger partial charge in [0.1, 0.15) is 5.76 Å². The number of amides is 1. The molecule has 2 aromatic rings. The lowest BCUT2D eigenvalue weighted by Gasteiger charge is -2.33. The number of anilines is 1. The third-order valence-electron chi connectivity index (χ3n) is 5.62. The molecule has 2 aliphatic heterocycles. The van der Waals surface area contributed by atoms with Crippen molar-refractivity contribution in [1.29, 1.82) is 0 Å². The summed E-state index contributed by atoms with van der Waals surface area (Å²) >= 11 is 1.36. The Labute approximate surface area is 186 Å². The number of hydrogen-bond donors (Lipinski definition) is 0. The normalized spacial score (nSPS) is 18.5. The lowest BCUT2D eigenvalue weighted by molar-refractivity contribution is -0.129. The van der Waals surface area contributed by atoms with Crippen molar-refractivity contribution in [2.24, 2.45) is 0 Å². The first kappa shape index (κ1) is 22.2. The van der Waals surface area contributed by atoms with Gasteiger partial charge in [-0.05, 0) is 31.4 Å². The first-order valence-corrected chi connectivity index (χ1v) is 13.3. The van der Waals surface area contributed by atoms with Crippen LogP contribution in [0.3, 0.4) is 0 Å². The van der Waals surface area contributed by atoms with Gasteiger partial charge in [-0.25, -0.2) is 8.42 Å². The van der Waals surface area contributed by atoms with E-state index in [0.717, 1.165) is 37.6 Å². The minimum absolute atomic E-state index is 0.0229. The van der Waals surface area contributed by atoms with Gasteiger partial charge >= 0.3 is 0 Å². The van der Waals surface area contributed by atoms with Crippen molar-refractivity contribution >= 4 is 33.6 Å². The molecule has 0 atom stereocenters. The molecule has 0 saturated carbocycles. The van der Waals surface area contributed by atoms with E-state index in [-0.39, 0.29) is 11.7 Å². The Kier molecular flexibility index (Phi) is 6.87. The molecule has 10 nitrogen and oxygen atoms in total. The number of piperazine rings is 1. The number of carbonyl (C=O) groups is 1. The standard InChI is InChI=1S/C19H28N6O4S2/c1-31(27,28)24-11-9-22(10-12-24)17(26)15-30-19-21-20-18(23-7-3-2-4-8-23)25(19)14-16-6-5-13-29-16/h5-6,13H,2-4,7-12,14-15H2,1H3. The Bertz CT molecular complexity index is 977. The predicted molar refractivity (Wildman–Crippen MR) is 118 cm³/mol. The molecule has 31 heavy (non-hydrogen) atoms. The fraction of sp³-hybridized carbons (Fsp3) is 0.632. The fourth-order valence-electron chi connectivity index (χ4n) is 3.90. The van der Waals surface area contributed by atoms with Crippen molar-refractivity contribution in [3.63, 3.8) is 0 Å². The van der Waals surface area contributed by atoms with Crippen LogP contribution in [-0.4, -0.2) is 89.6 Å². The van der Waals surface area contributed by atoms with Gasteiger partial charge in [0.15, 0.2) is 5.16 Å². The average Bonchev–Trinajstić information content (AvgIpc) is 3.42. The molecule has 0 unspecified atom stereocenters. The molecule has 170 valence electrons. The van der Waals surface area contributed by atoms with E-state index in [2.05, 4.69) is 15.1 Å². The molecule has 2 aliphatic rings. The third-order valence-corrected chi connectivity index (χ3v) is 7.87. The minimum Gasteiger partial charge on any atom is -0.467 e. The molecule has 4 rings (SSSR count). The first-order valence-electron chi connectivity index (χ1n) is 10.5. The summed E-state index contributed by atoms with van der Waals surface area (Å²) in [6, 6.07) is 3.77. The van der Waals surface area contributed by atoms with E-state index in [0.29, 0.717) is 37.9 Å². The quantitative estimate of drug-likeness (QED) is 0.557. The zero-order valence-corrected chi connectivity index (χ0v) is 19.3. The average molecular weight is 469 g/mol. The summed E-state index contributed by atoms with van der Waals surface area (Å²) in [7, 11) is -3.21. The van der Waals surface area contributed by atoms with Crippen LogP contribution in [-0.2, 0) is 21.4 Å². The smallest absolute Gasteiger partial charge is 0.233 e. The van der Waals surface area contributed by atoms with Crippen LogP contribution in [0, 0.1) is 0 Å². The topological polar surface area (TPSA) is 105 Å². The highest BCUT2D eigenvalue weighted by Gasteiger charge is 2.27. The molecule has 1 amide bonds. The van der Waals surface area contributed by atoms with Gasteiger partial charge < -0.3 is 14.2 Å². The zero-order valence-electron chi connectivity index (χ0n) is 17.6. The van der Waals surface area contributed by atoms with Crippen molar-refractivity contribution in [2.75, 3.05) is 56.2 Å². The molecule has 0 spiro atoms. The van der Waals surface area contributed by atoms with E-state index in [1.807, 2.05) is 16.7 Å². The number of furan rings is 1. The minimum atomic E-state index is -3.21. The highest BCUT2D eigenvalue weighted by Crippen LogP contribution is 2.26. The second kappa shape index (κ2) is 9.61. The molecule has 4 heterocycles. The van der Waals surface area contributed by atoms with Gasteiger partial charge in [0.2, 0.25) is 21.9 Å². The number of thioether (sulfide) groups is 1. The summed E-state index contributed by atoms with van der Waals surface area (Å²) in [5.41, 5.74) is 0. The number of hydrogen-bond acceptors (Lipinski definition) is 8. The lowest BCUT2D eigenvalue weighted by Crippen LogP contribution is -2.50. The number of aromatic nitrogens is 3. The molecule has 0 radical (unpaired) electrons. The highest BCUT2D eigenvalue weighted by atomic mass is 32.2. The van der Waals surface area contributed by atoms with Gasteiger partial charge in [0.05, 0.1) is 24.8 Å². The maximum Gasteiger partial charge on any atom is 0.233 e. The van der Waals surface area contributed by atoms with E-state index >= 15 is 0 Å². The molecular formula is C19H28N6O4S2. The molecule has 0 aliphatic carbocycles. The Hall–Kier alpha value is -2.05. The maximum atomic E-state index is 12.7. The molecule has 2 saturated heterocycles. The monoisotopic (exact) mass is 468 g/mol. The molecule has 2 fully saturated rings. The van der Waals surface area contributed by atoms with Gasteiger partial charge in [-0.1, -0.05) is 11.8 Å². The van der Waals surface area contributed by atoms with Crippen molar-refractivity contribution in [3.05, 3.63) is 24.2 Å². The van der Waals surface area contributed by atoms with Crippen LogP contribution in [0.5, 0.6) is 0 Å². The molecule has 0 aromatic carbocycles. The Morgan fingerprint density at radius 3 is 2.48 bits per heavy atom. The van der Waals surface area contributed by atoms with Crippen LogP contribution < -0.4 is 4.90 Å². The molecule has 0 bridgehead atoms. The summed E-state index contributed by atoms with van der Waals surface area (Å²) in [5, 5.41) is 9.47. The van der Waals surface area contributed by atoms with E-state index in [1.54, 1.807) is 11.2 Å². The molecule has 0 N–H and O–H groups in total. The number of piperidine rings is 1. The van der Waals surface area contributed by atoms with E-state index in [4.69, 9.17) is 4.42 Å². The van der Waals surface area contributed by atoms with Gasteiger partial charge in [-0.2, -0.15) is 4.31 Å². The molecular weight excluding hydrogens is 440 g/mol. The number of nitrogens with zero attached hydrogens (tertiary/aromatic N) is 6. The summed E-state index contributed by atoms with van der Waals surface area (Å²) in [4.78, 5) is 16.7. The summed E-state index contributed by atoms with van der Waals surface area (Å²) in [5.74, 6) is 1.83. The summed E-state index contributed by atoms with van der Waals surface area (Å²) < 4.78 is 32.3. The van der Waals surface area contributed by atoms with E-state index in [1.165, 1.54) is 28.7 Å². The molecule has 2 aromatic heterocycles. The second-order valence-electron chi connectivity index (χ2n) is 7.83. The van der Waals surface area contributed by atoms with Crippen molar-refractivity contribution in [2.45, 2.75) is 31.0 Å². The highest BCUT2D eigenvalue weighted by molar-refractivity contribution is 7.99. The SMILES string of the molecule is CS(=O)(=O)N1CCN(C(=O)CSc2nnc(N3CCCCC3)n2Cc2ccco2)CC1. The van der Waals surface area contributed by atoms with E-state index in [9.17, 15) is 13.2 Å². The Balaban J connectivity index is 1.42. The lowest BCUT2D eigenvalue weighted by atomic mass is 10.1. The second-order valence-corrected chi connectivity index (χ2v) is 10.8. The van der Waals surface area contributed by atoms with Gasteiger partial charge in [0.25, 0.3) is 0 Å². The van der Waals surface area contributed by atoms with Crippen LogP contribution in [0.4, 0.5) is 5.95 Å². The Morgan fingerprint density at radius 1 is 1.10 bits per heavy atom. The maximum absolute atomic E-state index is 12.7.